The molecule has 8 heteroatoms. The summed E-state index contributed by atoms with van der Waals surface area (Å²) in [6.07, 6.45) is 7.55. The van der Waals surface area contributed by atoms with E-state index in [4.69, 9.17) is 4.74 Å². The molecule has 7 nitrogen and oxygen atoms in total. The summed E-state index contributed by atoms with van der Waals surface area (Å²) in [5.41, 5.74) is 0.389. The fourth-order valence-electron chi connectivity index (χ4n) is 5.07. The van der Waals surface area contributed by atoms with Crippen molar-refractivity contribution in [3.63, 3.8) is 0 Å². The van der Waals surface area contributed by atoms with Crippen LogP contribution in [0.3, 0.4) is 0 Å². The highest BCUT2D eigenvalue weighted by Crippen LogP contribution is 2.34. The topological polar surface area (TPSA) is 79.0 Å². The minimum atomic E-state index is -3.53. The van der Waals surface area contributed by atoms with Gasteiger partial charge in [0.2, 0.25) is 10.0 Å². The molecule has 1 aromatic carbocycles. The molecule has 1 aliphatic carbocycles. The van der Waals surface area contributed by atoms with Crippen LogP contribution >= 0.6 is 0 Å². The maximum Gasteiger partial charge on any atom is 0.251 e. The van der Waals surface area contributed by atoms with Gasteiger partial charge in [-0.05, 0) is 43.9 Å². The number of hydrogen-bond donors (Lipinski definition) is 1. The van der Waals surface area contributed by atoms with Gasteiger partial charge in [0.05, 0.1) is 18.1 Å². The molecular formula is C22H33N3O4S. The minimum Gasteiger partial charge on any atom is -0.379 e. The number of benzene rings is 1. The Morgan fingerprint density at radius 2 is 1.70 bits per heavy atom. The van der Waals surface area contributed by atoms with Crippen molar-refractivity contribution in [3.8, 4) is 0 Å². The predicted molar refractivity (Wildman–Crippen MR) is 115 cm³/mol. The van der Waals surface area contributed by atoms with Crippen LogP contribution in [0.25, 0.3) is 0 Å². The molecular weight excluding hydrogens is 402 g/mol. The molecule has 3 aliphatic rings. The van der Waals surface area contributed by atoms with Crippen molar-refractivity contribution in [2.45, 2.75) is 55.4 Å². The van der Waals surface area contributed by atoms with Crippen LogP contribution in [-0.4, -0.2) is 75.0 Å². The van der Waals surface area contributed by atoms with Crippen molar-refractivity contribution in [2.24, 2.45) is 0 Å². The summed E-state index contributed by atoms with van der Waals surface area (Å²) in [5.74, 6) is -0.202. The van der Waals surface area contributed by atoms with E-state index >= 15 is 0 Å². The highest BCUT2D eigenvalue weighted by Gasteiger charge is 2.39. The number of hydrogen-bond acceptors (Lipinski definition) is 5. The lowest BCUT2D eigenvalue weighted by molar-refractivity contribution is -0.0361. The van der Waals surface area contributed by atoms with Gasteiger partial charge in [-0.15, -0.1) is 0 Å². The Bertz CT molecular complexity index is 840. The van der Waals surface area contributed by atoms with Crippen molar-refractivity contribution in [1.82, 2.24) is 14.5 Å². The van der Waals surface area contributed by atoms with Gasteiger partial charge in [-0.25, -0.2) is 8.42 Å². The zero-order valence-corrected chi connectivity index (χ0v) is 18.5. The van der Waals surface area contributed by atoms with E-state index in [1.54, 1.807) is 18.2 Å². The minimum absolute atomic E-state index is 0.0169. The normalized spacial score (nSPS) is 23.3. The Hall–Kier alpha value is -1.48. The second-order valence-corrected chi connectivity index (χ2v) is 10.6. The first-order valence-corrected chi connectivity index (χ1v) is 12.7. The molecule has 1 N–H and O–H groups in total. The summed E-state index contributed by atoms with van der Waals surface area (Å²) in [4.78, 5) is 15.6. The first-order chi connectivity index (χ1) is 14.5. The maximum absolute atomic E-state index is 13.0. The number of carbonyl (C=O) groups is 1. The molecule has 2 saturated heterocycles. The molecule has 1 saturated carbocycles. The summed E-state index contributed by atoms with van der Waals surface area (Å²) in [7, 11) is -3.53. The van der Waals surface area contributed by atoms with E-state index in [1.165, 1.54) is 29.6 Å². The number of nitrogens with one attached hydrogen (secondary N) is 1. The van der Waals surface area contributed by atoms with Gasteiger partial charge in [-0.2, -0.15) is 4.31 Å². The lowest BCUT2D eigenvalue weighted by Crippen LogP contribution is -2.59. The number of amides is 1. The quantitative estimate of drug-likeness (QED) is 0.741. The molecule has 0 radical (unpaired) electrons. The highest BCUT2D eigenvalue weighted by molar-refractivity contribution is 7.89. The van der Waals surface area contributed by atoms with E-state index in [1.807, 2.05) is 0 Å². The predicted octanol–water partition coefficient (Wildman–Crippen LogP) is 2.24. The molecule has 1 aromatic rings. The number of morpholine rings is 1. The second kappa shape index (κ2) is 9.34. The molecule has 4 rings (SSSR count). The fraction of sp³-hybridized carbons (Fsp3) is 0.682. The summed E-state index contributed by atoms with van der Waals surface area (Å²) >= 11 is 0. The Kier molecular flexibility index (Phi) is 6.77. The Labute approximate surface area is 179 Å². The molecule has 0 bridgehead atoms. The SMILES string of the molecule is O=C(NCC1(N2CCOCC2)CCCCC1)c1cccc(S(=O)(=O)N2CCCC2)c1. The van der Waals surface area contributed by atoms with Gasteiger partial charge in [0.1, 0.15) is 0 Å². The van der Waals surface area contributed by atoms with Gasteiger partial charge in [0, 0.05) is 43.8 Å². The number of carbonyl (C=O) groups excluding carboxylic acids is 1. The molecule has 166 valence electrons. The van der Waals surface area contributed by atoms with Crippen molar-refractivity contribution < 1.29 is 17.9 Å². The van der Waals surface area contributed by atoms with Crippen LogP contribution in [0, 0.1) is 0 Å². The zero-order valence-electron chi connectivity index (χ0n) is 17.6. The fourth-order valence-corrected chi connectivity index (χ4v) is 6.64. The van der Waals surface area contributed by atoms with E-state index < -0.39 is 10.0 Å². The third-order valence-electron chi connectivity index (χ3n) is 6.84. The van der Waals surface area contributed by atoms with Gasteiger partial charge in [0.15, 0.2) is 0 Å². The van der Waals surface area contributed by atoms with E-state index in [2.05, 4.69) is 10.2 Å². The van der Waals surface area contributed by atoms with Gasteiger partial charge in [-0.3, -0.25) is 9.69 Å². The number of sulfonamides is 1. The van der Waals surface area contributed by atoms with Crippen molar-refractivity contribution >= 4 is 15.9 Å². The van der Waals surface area contributed by atoms with Crippen LogP contribution in [0.1, 0.15) is 55.3 Å². The largest absolute Gasteiger partial charge is 0.379 e. The van der Waals surface area contributed by atoms with Crippen LogP contribution in [0.4, 0.5) is 0 Å². The average Bonchev–Trinajstić information content (AvgIpc) is 3.35. The molecule has 0 spiro atoms. The van der Waals surface area contributed by atoms with Gasteiger partial charge in [0.25, 0.3) is 5.91 Å². The van der Waals surface area contributed by atoms with Crippen LogP contribution in [-0.2, 0) is 14.8 Å². The lowest BCUT2D eigenvalue weighted by atomic mass is 9.79. The summed E-state index contributed by atoms with van der Waals surface area (Å²) in [6.45, 7) is 4.99. The van der Waals surface area contributed by atoms with Gasteiger partial charge < -0.3 is 10.1 Å². The first kappa shape index (κ1) is 21.7. The standard InChI is InChI=1S/C22H33N3O4S/c26-21(19-7-6-8-20(17-19)30(27,28)25-11-4-5-12-25)23-18-22(9-2-1-3-10-22)24-13-15-29-16-14-24/h6-8,17H,1-5,9-16,18H2,(H,23,26). The number of rotatable bonds is 6. The monoisotopic (exact) mass is 435 g/mol. The Balaban J connectivity index is 1.46. The van der Waals surface area contributed by atoms with Crippen LogP contribution in [0.2, 0.25) is 0 Å². The second-order valence-electron chi connectivity index (χ2n) is 8.71. The molecule has 0 unspecified atom stereocenters. The van der Waals surface area contributed by atoms with E-state index in [9.17, 15) is 13.2 Å². The Morgan fingerprint density at radius 3 is 2.40 bits per heavy atom. The van der Waals surface area contributed by atoms with Gasteiger partial charge in [-0.1, -0.05) is 25.3 Å². The third kappa shape index (κ3) is 4.56. The smallest absolute Gasteiger partial charge is 0.251 e. The highest BCUT2D eigenvalue weighted by atomic mass is 32.2. The summed E-state index contributed by atoms with van der Waals surface area (Å²) < 4.78 is 32.7. The average molecular weight is 436 g/mol. The molecule has 30 heavy (non-hydrogen) atoms. The van der Waals surface area contributed by atoms with Crippen molar-refractivity contribution in [2.75, 3.05) is 45.9 Å². The number of ether oxygens (including phenoxy) is 1. The van der Waals surface area contributed by atoms with E-state index in [0.717, 1.165) is 52.0 Å². The lowest BCUT2D eigenvalue weighted by Gasteiger charge is -2.48. The Morgan fingerprint density at radius 1 is 1.00 bits per heavy atom. The van der Waals surface area contributed by atoms with Crippen LogP contribution in [0.15, 0.2) is 29.2 Å². The molecule has 1 amide bonds. The van der Waals surface area contributed by atoms with E-state index in [-0.39, 0.29) is 16.3 Å². The summed E-state index contributed by atoms with van der Waals surface area (Å²) in [5, 5.41) is 3.13. The third-order valence-corrected chi connectivity index (χ3v) is 8.74. The molecule has 0 aromatic heterocycles. The van der Waals surface area contributed by atoms with Crippen LogP contribution in [0.5, 0.6) is 0 Å². The summed E-state index contributed by atoms with van der Waals surface area (Å²) in [6, 6.07) is 6.46. The zero-order chi connectivity index (χ0) is 21.0. The first-order valence-electron chi connectivity index (χ1n) is 11.2. The molecule has 3 fully saturated rings. The molecule has 0 atom stereocenters. The van der Waals surface area contributed by atoms with E-state index in [0.29, 0.717) is 25.2 Å². The van der Waals surface area contributed by atoms with Crippen molar-refractivity contribution in [1.29, 1.82) is 0 Å². The number of nitrogens with zero attached hydrogens (tertiary/aromatic N) is 2. The van der Waals surface area contributed by atoms with Crippen LogP contribution < -0.4 is 5.32 Å². The molecule has 2 aliphatic heterocycles. The van der Waals surface area contributed by atoms with Crippen molar-refractivity contribution in [3.05, 3.63) is 29.8 Å². The molecule has 2 heterocycles. The van der Waals surface area contributed by atoms with Gasteiger partial charge >= 0.3 is 0 Å². The maximum atomic E-state index is 13.0.